The number of hydrogen-bond donors (Lipinski definition) is 1. The van der Waals surface area contributed by atoms with Crippen LogP contribution in [0.4, 0.5) is 4.39 Å². The Morgan fingerprint density at radius 3 is 2.55 bits per heavy atom. The van der Waals surface area contributed by atoms with Gasteiger partial charge in [-0.1, -0.05) is 60.3 Å². The molecule has 6 nitrogen and oxygen atoms in total. The number of rotatable bonds is 9. The van der Waals surface area contributed by atoms with Crippen molar-refractivity contribution in [1.29, 1.82) is 0 Å². The highest BCUT2D eigenvalue weighted by molar-refractivity contribution is 7.99. The lowest BCUT2D eigenvalue weighted by atomic mass is 10.1. The summed E-state index contributed by atoms with van der Waals surface area (Å²) >= 11 is 1.23. The summed E-state index contributed by atoms with van der Waals surface area (Å²) in [6.07, 6.45) is 1.13. The molecule has 0 fully saturated rings. The molecule has 1 aromatic heterocycles. The zero-order chi connectivity index (χ0) is 23.2. The van der Waals surface area contributed by atoms with E-state index in [1.165, 1.54) is 24.8 Å². The number of thioether (sulfide) groups is 1. The highest BCUT2D eigenvalue weighted by atomic mass is 32.2. The van der Waals surface area contributed by atoms with Gasteiger partial charge >= 0.3 is 0 Å². The number of aromatic nitrogens is 3. The fourth-order valence-electron chi connectivity index (χ4n) is 3.52. The van der Waals surface area contributed by atoms with Crippen molar-refractivity contribution in [2.24, 2.45) is 0 Å². The third-order valence-electron chi connectivity index (χ3n) is 5.15. The number of aryl methyl sites for hydroxylation is 1. The maximum atomic E-state index is 14.6. The molecule has 1 heterocycles. The minimum atomic E-state index is -0.400. The standard InChI is InChI=1S/C25H23FN4O2S/c1-17(31)27-14-6-11-24-28-29-25(30(24)22-10-5-4-9-21(22)26)33-16-23(32)20-13-12-18-7-2-3-8-19(18)15-20/h2-5,7-10,12-13,15H,6,11,14,16H2,1H3,(H,27,31). The van der Waals surface area contributed by atoms with Crippen LogP contribution in [0.2, 0.25) is 0 Å². The van der Waals surface area contributed by atoms with E-state index in [0.717, 1.165) is 10.8 Å². The molecule has 0 aliphatic heterocycles. The molecule has 0 aliphatic rings. The highest BCUT2D eigenvalue weighted by Gasteiger charge is 2.18. The van der Waals surface area contributed by atoms with Gasteiger partial charge in [0, 0.05) is 25.5 Å². The summed E-state index contributed by atoms with van der Waals surface area (Å²) in [4.78, 5) is 24.0. The number of ketones is 1. The first kappa shape index (κ1) is 22.7. The van der Waals surface area contributed by atoms with Crippen molar-refractivity contribution in [3.8, 4) is 5.69 Å². The van der Waals surface area contributed by atoms with Gasteiger partial charge in [-0.25, -0.2) is 4.39 Å². The number of fused-ring (bicyclic) bond motifs is 1. The number of halogens is 1. The van der Waals surface area contributed by atoms with E-state index in [0.29, 0.717) is 41.6 Å². The number of carbonyl (C=O) groups excluding carboxylic acids is 2. The van der Waals surface area contributed by atoms with E-state index in [2.05, 4.69) is 15.5 Å². The Balaban J connectivity index is 1.54. The van der Waals surface area contributed by atoms with E-state index in [1.807, 2.05) is 42.5 Å². The molecule has 3 aromatic carbocycles. The van der Waals surface area contributed by atoms with Crippen LogP contribution in [-0.4, -0.2) is 38.8 Å². The van der Waals surface area contributed by atoms with Crippen molar-refractivity contribution in [1.82, 2.24) is 20.1 Å². The second-order valence-corrected chi connectivity index (χ2v) is 8.49. The van der Waals surface area contributed by atoms with E-state index >= 15 is 0 Å². The van der Waals surface area contributed by atoms with Crippen LogP contribution in [0.3, 0.4) is 0 Å². The Morgan fingerprint density at radius 2 is 1.76 bits per heavy atom. The summed E-state index contributed by atoms with van der Waals surface area (Å²) < 4.78 is 16.3. The molecule has 0 radical (unpaired) electrons. The lowest BCUT2D eigenvalue weighted by Crippen LogP contribution is -2.21. The highest BCUT2D eigenvalue weighted by Crippen LogP contribution is 2.26. The average molecular weight is 463 g/mol. The summed E-state index contributed by atoms with van der Waals surface area (Å²) in [5, 5.41) is 13.7. The van der Waals surface area contributed by atoms with Gasteiger partial charge in [0.25, 0.3) is 0 Å². The molecule has 0 spiro atoms. The maximum Gasteiger partial charge on any atom is 0.216 e. The van der Waals surface area contributed by atoms with Gasteiger partial charge in [0.2, 0.25) is 5.91 Å². The van der Waals surface area contributed by atoms with E-state index in [4.69, 9.17) is 0 Å². The zero-order valence-corrected chi connectivity index (χ0v) is 18.9. The Labute approximate surface area is 195 Å². The Bertz CT molecular complexity index is 1300. The quantitative estimate of drug-likeness (QED) is 0.223. The first-order valence-corrected chi connectivity index (χ1v) is 11.6. The van der Waals surface area contributed by atoms with Crippen molar-refractivity contribution >= 4 is 34.2 Å². The van der Waals surface area contributed by atoms with E-state index in [1.54, 1.807) is 22.8 Å². The Morgan fingerprint density at radius 1 is 1.00 bits per heavy atom. The van der Waals surface area contributed by atoms with E-state index in [9.17, 15) is 14.0 Å². The van der Waals surface area contributed by atoms with Gasteiger partial charge in [-0.05, 0) is 35.4 Å². The summed E-state index contributed by atoms with van der Waals surface area (Å²) in [6, 6.07) is 19.9. The van der Waals surface area contributed by atoms with Crippen molar-refractivity contribution in [2.45, 2.75) is 24.9 Å². The van der Waals surface area contributed by atoms with Gasteiger partial charge in [-0.3, -0.25) is 14.2 Å². The number of benzene rings is 3. The lowest BCUT2D eigenvalue weighted by Gasteiger charge is -2.11. The van der Waals surface area contributed by atoms with E-state index < -0.39 is 5.82 Å². The lowest BCUT2D eigenvalue weighted by molar-refractivity contribution is -0.118. The van der Waals surface area contributed by atoms with Crippen molar-refractivity contribution in [3.63, 3.8) is 0 Å². The number of nitrogens with one attached hydrogen (secondary N) is 1. The van der Waals surface area contributed by atoms with Gasteiger partial charge in [0.15, 0.2) is 10.9 Å². The molecule has 0 unspecified atom stereocenters. The van der Waals surface area contributed by atoms with Crippen LogP contribution in [0.25, 0.3) is 16.5 Å². The molecule has 0 aliphatic carbocycles. The average Bonchev–Trinajstić information content (AvgIpc) is 3.22. The third-order valence-corrected chi connectivity index (χ3v) is 6.08. The van der Waals surface area contributed by atoms with Crippen LogP contribution in [0.1, 0.15) is 29.5 Å². The van der Waals surface area contributed by atoms with Crippen molar-refractivity contribution < 1.29 is 14.0 Å². The predicted molar refractivity (Wildman–Crippen MR) is 127 cm³/mol. The van der Waals surface area contributed by atoms with Gasteiger partial charge < -0.3 is 5.32 Å². The van der Waals surface area contributed by atoms with Gasteiger partial charge in [0.05, 0.1) is 11.4 Å². The summed E-state index contributed by atoms with van der Waals surface area (Å²) in [5.74, 6) is 0.181. The first-order valence-electron chi connectivity index (χ1n) is 10.6. The number of amides is 1. The fourth-order valence-corrected chi connectivity index (χ4v) is 4.38. The van der Waals surface area contributed by atoms with Crippen LogP contribution in [0.15, 0.2) is 71.9 Å². The molecule has 0 bridgehead atoms. The predicted octanol–water partition coefficient (Wildman–Crippen LogP) is 4.60. The largest absolute Gasteiger partial charge is 0.356 e. The SMILES string of the molecule is CC(=O)NCCCc1nnc(SCC(=O)c2ccc3ccccc3c2)n1-c1ccccc1F. The zero-order valence-electron chi connectivity index (χ0n) is 18.1. The Kier molecular flexibility index (Phi) is 7.14. The molecule has 0 saturated carbocycles. The summed E-state index contributed by atoms with van der Waals surface area (Å²) in [6.45, 7) is 1.95. The Hall–Kier alpha value is -3.52. The number of Topliss-reactive ketones (excluding diaryl/α,β-unsaturated/α-hetero) is 1. The number of nitrogens with zero attached hydrogens (tertiary/aromatic N) is 3. The molecular weight excluding hydrogens is 439 g/mol. The molecule has 0 saturated heterocycles. The molecule has 8 heteroatoms. The number of carbonyl (C=O) groups is 2. The monoisotopic (exact) mass is 462 g/mol. The second kappa shape index (κ2) is 10.4. The summed E-state index contributed by atoms with van der Waals surface area (Å²) in [5.41, 5.74) is 0.950. The van der Waals surface area contributed by atoms with Crippen LogP contribution in [0.5, 0.6) is 0 Å². The molecule has 1 N–H and O–H groups in total. The topological polar surface area (TPSA) is 76.9 Å². The number of hydrogen-bond acceptors (Lipinski definition) is 5. The van der Waals surface area contributed by atoms with Crippen molar-refractivity contribution in [3.05, 3.63) is 83.9 Å². The number of para-hydroxylation sites is 1. The van der Waals surface area contributed by atoms with Crippen LogP contribution >= 0.6 is 11.8 Å². The minimum Gasteiger partial charge on any atom is -0.356 e. The molecule has 1 amide bonds. The maximum absolute atomic E-state index is 14.6. The van der Waals surface area contributed by atoms with Gasteiger partial charge in [-0.2, -0.15) is 0 Å². The summed E-state index contributed by atoms with van der Waals surface area (Å²) in [7, 11) is 0. The molecule has 0 atom stereocenters. The minimum absolute atomic E-state index is 0.0407. The normalized spacial score (nSPS) is 11.0. The van der Waals surface area contributed by atoms with Crippen LogP contribution in [-0.2, 0) is 11.2 Å². The molecule has 168 valence electrons. The third kappa shape index (κ3) is 5.46. The molecular formula is C25H23FN4O2S. The van der Waals surface area contributed by atoms with Crippen molar-refractivity contribution in [2.75, 3.05) is 12.3 Å². The van der Waals surface area contributed by atoms with Crippen LogP contribution in [0, 0.1) is 5.82 Å². The van der Waals surface area contributed by atoms with E-state index in [-0.39, 0.29) is 17.4 Å². The first-order chi connectivity index (χ1) is 16.0. The second-order valence-electron chi connectivity index (χ2n) is 7.55. The smallest absolute Gasteiger partial charge is 0.216 e. The molecule has 4 aromatic rings. The van der Waals surface area contributed by atoms with Gasteiger partial charge in [0.1, 0.15) is 11.6 Å². The molecule has 33 heavy (non-hydrogen) atoms. The van der Waals surface area contributed by atoms with Gasteiger partial charge in [-0.15, -0.1) is 10.2 Å². The molecule has 4 rings (SSSR count). The fraction of sp³-hybridized carbons (Fsp3) is 0.200. The van der Waals surface area contributed by atoms with Crippen LogP contribution < -0.4 is 5.32 Å².